The molecule has 0 aliphatic heterocycles. The van der Waals surface area contributed by atoms with Gasteiger partial charge >= 0.3 is 6.30 Å². The van der Waals surface area contributed by atoms with Crippen molar-refractivity contribution < 1.29 is 31.9 Å². The van der Waals surface area contributed by atoms with Crippen LogP contribution in [0.25, 0.3) is 6.08 Å². The topological polar surface area (TPSA) is 89.9 Å². The van der Waals surface area contributed by atoms with Crippen LogP contribution in [0, 0.1) is 0 Å². The van der Waals surface area contributed by atoms with E-state index < -0.39 is 32.9 Å². The highest BCUT2D eigenvalue weighted by molar-refractivity contribution is 8.07. The molecule has 0 amide bonds. The minimum absolute atomic E-state index is 0.235. The van der Waals surface area contributed by atoms with Gasteiger partial charge in [-0.25, -0.2) is 8.42 Å². The molecule has 0 aliphatic rings. The van der Waals surface area contributed by atoms with Crippen LogP contribution in [0.15, 0.2) is 35.7 Å². The highest BCUT2D eigenvalue weighted by Crippen LogP contribution is 2.25. The van der Waals surface area contributed by atoms with Crippen molar-refractivity contribution >= 4 is 28.2 Å². The molecule has 1 rings (SSSR count). The lowest BCUT2D eigenvalue weighted by atomic mass is 10.2. The molecule has 0 heterocycles. The number of benzene rings is 1. The van der Waals surface area contributed by atoms with Crippen LogP contribution < -0.4 is 4.13 Å². The quantitative estimate of drug-likeness (QED) is 0.429. The first kappa shape index (κ1) is 19.9. The summed E-state index contributed by atoms with van der Waals surface area (Å²) in [7, 11) is -3.16. The van der Waals surface area contributed by atoms with E-state index in [2.05, 4.69) is 6.58 Å². The minimum Gasteiger partial charge on any atom is -0.400 e. The number of aliphatic hydroxyl groups is 1. The summed E-state index contributed by atoms with van der Waals surface area (Å²) in [6.45, 7) is 3.48. The maximum absolute atomic E-state index is 11.9. The summed E-state index contributed by atoms with van der Waals surface area (Å²) >= 11 is -0.499. The van der Waals surface area contributed by atoms with Gasteiger partial charge < -0.3 is 5.11 Å². The second-order valence-electron chi connectivity index (χ2n) is 3.19. The molecule has 1 aromatic carbocycles. The molecule has 0 saturated carbocycles. The van der Waals surface area contributed by atoms with Gasteiger partial charge in [0.1, 0.15) is 0 Å². The normalized spacial score (nSPS) is 11.8. The van der Waals surface area contributed by atoms with Crippen LogP contribution in [-0.4, -0.2) is 36.6 Å². The highest BCUT2D eigenvalue weighted by atomic mass is 32.3. The first-order valence-corrected chi connectivity index (χ1v) is 7.34. The molecule has 1 aromatic rings. The second kappa shape index (κ2) is 8.36. The van der Waals surface area contributed by atoms with Crippen LogP contribution in [0.5, 0.6) is 0 Å². The van der Waals surface area contributed by atoms with E-state index in [1.54, 1.807) is 0 Å². The van der Waals surface area contributed by atoms with E-state index in [4.69, 9.17) is 10.3 Å². The molecule has 6 nitrogen and oxygen atoms in total. The fraction of sp³-hybridized carbons (Fsp3) is 0.200. The number of nitrogens with one attached hydrogen (secondary N) is 1. The average molecular weight is 346 g/mol. The van der Waals surface area contributed by atoms with Gasteiger partial charge in [-0.15, -0.1) is 4.13 Å². The Balaban J connectivity index is 0.00000191. The number of hydrogen-bond acceptors (Lipinski definition) is 6. The summed E-state index contributed by atoms with van der Waals surface area (Å²) in [4.78, 5) is -0.235. The Hall–Kier alpha value is -1.11. The SMILES string of the molecule is C=Cc1ccc(S(=O)(=O)NSN(O)C(F)(F)F)cc1.CO. The van der Waals surface area contributed by atoms with Gasteiger partial charge in [-0.2, -0.15) is 13.2 Å². The standard InChI is InChI=1S/C9H9F3N2O3S2.CH4O/c1-2-7-3-5-8(6-4-7)19(16,17)13-18-14(15)9(10,11)12;1-2/h2-6,13,15H,1H2;2H,1H3. The Morgan fingerprint density at radius 1 is 1.29 bits per heavy atom. The summed E-state index contributed by atoms with van der Waals surface area (Å²) < 4.78 is 59.4. The number of sulfonamides is 1. The molecule has 21 heavy (non-hydrogen) atoms. The van der Waals surface area contributed by atoms with Crippen molar-refractivity contribution in [3.63, 3.8) is 0 Å². The van der Waals surface area contributed by atoms with E-state index in [0.717, 1.165) is 7.11 Å². The fourth-order valence-electron chi connectivity index (χ4n) is 0.967. The van der Waals surface area contributed by atoms with Crippen molar-refractivity contribution in [1.82, 2.24) is 8.60 Å². The molecule has 0 fully saturated rings. The lowest BCUT2D eigenvalue weighted by Gasteiger charge is -2.16. The summed E-state index contributed by atoms with van der Waals surface area (Å²) in [5, 5.41) is 15.5. The number of aliphatic hydroxyl groups excluding tert-OH is 1. The first-order chi connectivity index (χ1) is 9.66. The van der Waals surface area contributed by atoms with Crippen LogP contribution in [0.4, 0.5) is 13.2 Å². The van der Waals surface area contributed by atoms with Gasteiger partial charge in [0, 0.05) is 7.11 Å². The van der Waals surface area contributed by atoms with Gasteiger partial charge in [-0.3, -0.25) is 5.21 Å². The molecule has 0 bridgehead atoms. The Bertz CT molecular complexity index is 546. The summed E-state index contributed by atoms with van der Waals surface area (Å²) in [6, 6.07) is 5.28. The van der Waals surface area contributed by atoms with Crippen molar-refractivity contribution in [3.8, 4) is 0 Å². The number of hydrogen-bond donors (Lipinski definition) is 3. The molecule has 0 aromatic heterocycles. The highest BCUT2D eigenvalue weighted by Gasteiger charge is 2.38. The molecule has 120 valence electrons. The zero-order chi connectivity index (χ0) is 16.7. The third kappa shape index (κ3) is 6.46. The zero-order valence-corrected chi connectivity index (χ0v) is 12.3. The number of halogens is 3. The second-order valence-corrected chi connectivity index (χ2v) is 5.87. The van der Waals surface area contributed by atoms with Crippen LogP contribution in [0.3, 0.4) is 0 Å². The van der Waals surface area contributed by atoms with E-state index in [1.165, 1.54) is 34.5 Å². The van der Waals surface area contributed by atoms with E-state index in [-0.39, 0.29) is 4.90 Å². The third-order valence-electron chi connectivity index (χ3n) is 1.88. The van der Waals surface area contributed by atoms with Gasteiger partial charge in [0.25, 0.3) is 10.0 Å². The summed E-state index contributed by atoms with van der Waals surface area (Å²) in [6.07, 6.45) is -3.59. The Labute approximate surface area is 124 Å². The van der Waals surface area contributed by atoms with E-state index in [9.17, 15) is 21.6 Å². The van der Waals surface area contributed by atoms with Crippen LogP contribution in [-0.2, 0) is 10.0 Å². The van der Waals surface area contributed by atoms with Crippen LogP contribution in [0.1, 0.15) is 5.56 Å². The van der Waals surface area contributed by atoms with Crippen molar-refractivity contribution in [3.05, 3.63) is 36.4 Å². The van der Waals surface area contributed by atoms with Gasteiger partial charge in [0.15, 0.2) is 0 Å². The van der Waals surface area contributed by atoms with E-state index >= 15 is 0 Å². The average Bonchev–Trinajstić information content (AvgIpc) is 2.46. The molecule has 0 aliphatic carbocycles. The van der Waals surface area contributed by atoms with Gasteiger partial charge in [0.05, 0.1) is 17.0 Å². The number of hydroxylamine groups is 1. The number of rotatable bonds is 5. The predicted molar refractivity (Wildman–Crippen MR) is 72.3 cm³/mol. The lowest BCUT2D eigenvalue weighted by Crippen LogP contribution is -2.33. The van der Waals surface area contributed by atoms with E-state index in [1.807, 2.05) is 0 Å². The van der Waals surface area contributed by atoms with Crippen molar-refractivity contribution in [2.75, 3.05) is 7.11 Å². The lowest BCUT2D eigenvalue weighted by molar-refractivity contribution is -0.298. The van der Waals surface area contributed by atoms with E-state index in [0.29, 0.717) is 5.56 Å². The van der Waals surface area contributed by atoms with Crippen LogP contribution >= 0.6 is 12.1 Å². The smallest absolute Gasteiger partial charge is 0.400 e. The van der Waals surface area contributed by atoms with Crippen molar-refractivity contribution in [1.29, 1.82) is 0 Å². The predicted octanol–water partition coefficient (Wildman–Crippen LogP) is 1.99. The molecule has 0 radical (unpaired) electrons. The largest absolute Gasteiger partial charge is 0.494 e. The van der Waals surface area contributed by atoms with Crippen LogP contribution in [0.2, 0.25) is 0 Å². The molecule has 0 atom stereocenters. The molecular formula is C10H13F3N2O4S2. The maximum atomic E-state index is 11.9. The fourth-order valence-corrected chi connectivity index (χ4v) is 2.62. The van der Waals surface area contributed by atoms with Gasteiger partial charge in [-0.05, 0) is 22.2 Å². The molecule has 3 N–H and O–H groups in total. The molecular weight excluding hydrogens is 333 g/mol. The maximum Gasteiger partial charge on any atom is 0.494 e. The Kier molecular flexibility index (Phi) is 7.92. The summed E-state index contributed by atoms with van der Waals surface area (Å²) in [5.74, 6) is 0. The third-order valence-corrected chi connectivity index (χ3v) is 4.32. The van der Waals surface area contributed by atoms with Gasteiger partial charge in [0.2, 0.25) is 0 Å². The monoisotopic (exact) mass is 346 g/mol. The Morgan fingerprint density at radius 2 is 1.76 bits per heavy atom. The minimum atomic E-state index is -5.07. The number of alkyl halides is 3. The first-order valence-electron chi connectivity index (χ1n) is 5.08. The molecule has 0 saturated heterocycles. The molecule has 0 spiro atoms. The zero-order valence-electron chi connectivity index (χ0n) is 10.7. The van der Waals surface area contributed by atoms with Gasteiger partial charge in [-0.1, -0.05) is 24.8 Å². The number of nitrogens with zero attached hydrogens (tertiary/aromatic N) is 1. The summed E-state index contributed by atoms with van der Waals surface area (Å²) in [5.41, 5.74) is 0.658. The molecule has 0 unspecified atom stereocenters. The Morgan fingerprint density at radius 3 is 2.14 bits per heavy atom. The van der Waals surface area contributed by atoms with Crippen molar-refractivity contribution in [2.24, 2.45) is 0 Å². The molecule has 11 heteroatoms. The van der Waals surface area contributed by atoms with Crippen molar-refractivity contribution in [2.45, 2.75) is 11.2 Å².